The van der Waals surface area contributed by atoms with Crippen LogP contribution in [0.15, 0.2) is 48.5 Å². The Kier molecular flexibility index (Phi) is 6.10. The zero-order chi connectivity index (χ0) is 15.8. The van der Waals surface area contributed by atoms with Crippen LogP contribution in [0.5, 0.6) is 5.75 Å². The molecule has 0 bridgehead atoms. The summed E-state index contributed by atoms with van der Waals surface area (Å²) in [5, 5.41) is 6.20. The number of hydrogen-bond acceptors (Lipinski definition) is 2. The molecule has 4 nitrogen and oxygen atoms in total. The minimum atomic E-state index is -0.216. The lowest BCUT2D eigenvalue weighted by molar-refractivity contribution is 0.250. The van der Waals surface area contributed by atoms with Gasteiger partial charge in [0.2, 0.25) is 0 Å². The number of para-hydroxylation sites is 2. The molecular weight excluding hydrogens is 300 g/mol. The molecule has 2 amide bonds. The summed E-state index contributed by atoms with van der Waals surface area (Å²) in [5.41, 5.74) is 1.84. The Hall–Kier alpha value is -2.20. The summed E-state index contributed by atoms with van der Waals surface area (Å²) in [4.78, 5) is 11.8. The van der Waals surface area contributed by atoms with Gasteiger partial charge in [-0.2, -0.15) is 0 Å². The number of carbonyl (C=O) groups is 1. The fraction of sp³-hybridized carbons (Fsp3) is 0.235. The molecule has 0 aliphatic rings. The molecule has 2 aromatic rings. The van der Waals surface area contributed by atoms with Crippen LogP contribution >= 0.6 is 11.6 Å². The Morgan fingerprint density at radius 2 is 1.86 bits per heavy atom. The summed E-state index contributed by atoms with van der Waals surface area (Å²) in [7, 11) is 0. The summed E-state index contributed by atoms with van der Waals surface area (Å²) in [6.45, 7) is 2.98. The molecule has 2 N–H and O–H groups in total. The van der Waals surface area contributed by atoms with Gasteiger partial charge in [0, 0.05) is 12.2 Å². The van der Waals surface area contributed by atoms with E-state index in [1.807, 2.05) is 49.4 Å². The summed E-state index contributed by atoms with van der Waals surface area (Å²) in [6.07, 6.45) is 0.701. The van der Waals surface area contributed by atoms with Crippen molar-refractivity contribution in [2.45, 2.75) is 13.3 Å². The van der Waals surface area contributed by atoms with Crippen molar-refractivity contribution < 1.29 is 9.53 Å². The van der Waals surface area contributed by atoms with Gasteiger partial charge in [0.15, 0.2) is 0 Å². The highest BCUT2D eigenvalue weighted by molar-refractivity contribution is 6.32. The van der Waals surface area contributed by atoms with Crippen molar-refractivity contribution in [2.24, 2.45) is 0 Å². The number of aryl methyl sites for hydroxylation is 1. The van der Waals surface area contributed by atoms with Crippen molar-refractivity contribution in [3.8, 4) is 5.75 Å². The van der Waals surface area contributed by atoms with Gasteiger partial charge in [-0.05, 0) is 37.1 Å². The molecule has 22 heavy (non-hydrogen) atoms. The summed E-state index contributed by atoms with van der Waals surface area (Å²) in [6, 6.07) is 14.8. The highest BCUT2D eigenvalue weighted by Crippen LogP contribution is 2.22. The van der Waals surface area contributed by atoms with Gasteiger partial charge in [0.25, 0.3) is 0 Å². The predicted molar refractivity (Wildman–Crippen MR) is 89.8 cm³/mol. The predicted octanol–water partition coefficient (Wildman–Crippen LogP) is 4.24. The number of urea groups is 1. The Balaban J connectivity index is 1.65. The van der Waals surface area contributed by atoms with Crippen LogP contribution in [-0.2, 0) is 0 Å². The van der Waals surface area contributed by atoms with Crippen LogP contribution in [0.2, 0.25) is 5.02 Å². The zero-order valence-corrected chi connectivity index (χ0v) is 13.2. The monoisotopic (exact) mass is 318 g/mol. The standard InChI is InChI=1S/C17H19ClN2O2/c1-13-7-2-4-9-15(13)20-17(21)19-11-6-12-22-16-10-5-3-8-14(16)18/h2-5,7-10H,6,11-12H2,1H3,(H2,19,20,21). The molecule has 0 spiro atoms. The molecule has 116 valence electrons. The van der Waals surface area contributed by atoms with Crippen molar-refractivity contribution in [3.63, 3.8) is 0 Å². The van der Waals surface area contributed by atoms with Gasteiger partial charge in [-0.3, -0.25) is 0 Å². The summed E-state index contributed by atoms with van der Waals surface area (Å²) >= 11 is 5.99. The first kappa shape index (κ1) is 16.2. The first-order valence-electron chi connectivity index (χ1n) is 7.14. The Labute approximate surface area is 135 Å². The maximum Gasteiger partial charge on any atom is 0.319 e. The van der Waals surface area contributed by atoms with Crippen LogP contribution in [0.1, 0.15) is 12.0 Å². The van der Waals surface area contributed by atoms with E-state index in [9.17, 15) is 4.79 Å². The van der Waals surface area contributed by atoms with E-state index in [4.69, 9.17) is 16.3 Å². The van der Waals surface area contributed by atoms with Gasteiger partial charge in [-0.25, -0.2) is 4.79 Å². The smallest absolute Gasteiger partial charge is 0.319 e. The molecule has 0 aromatic heterocycles. The fourth-order valence-electron chi connectivity index (χ4n) is 1.90. The second-order valence-electron chi connectivity index (χ2n) is 4.83. The average Bonchev–Trinajstić information content (AvgIpc) is 2.51. The molecular formula is C17H19ClN2O2. The minimum Gasteiger partial charge on any atom is -0.492 e. The maximum absolute atomic E-state index is 11.8. The number of carbonyl (C=O) groups excluding carboxylic acids is 1. The third-order valence-electron chi connectivity index (χ3n) is 3.09. The number of ether oxygens (including phenoxy) is 1. The largest absolute Gasteiger partial charge is 0.492 e. The zero-order valence-electron chi connectivity index (χ0n) is 12.4. The number of halogens is 1. The Bertz CT molecular complexity index is 632. The van der Waals surface area contributed by atoms with Crippen LogP contribution in [0.3, 0.4) is 0 Å². The van der Waals surface area contributed by atoms with E-state index in [2.05, 4.69) is 10.6 Å². The SMILES string of the molecule is Cc1ccccc1NC(=O)NCCCOc1ccccc1Cl. The first-order valence-corrected chi connectivity index (χ1v) is 7.52. The van der Waals surface area contributed by atoms with E-state index in [-0.39, 0.29) is 6.03 Å². The maximum atomic E-state index is 11.8. The molecule has 0 heterocycles. The highest BCUT2D eigenvalue weighted by Gasteiger charge is 2.03. The Morgan fingerprint density at radius 1 is 1.14 bits per heavy atom. The quantitative estimate of drug-likeness (QED) is 0.783. The molecule has 0 aliphatic heterocycles. The molecule has 0 radical (unpaired) electrons. The van der Waals surface area contributed by atoms with Gasteiger partial charge in [-0.1, -0.05) is 41.9 Å². The van der Waals surface area contributed by atoms with Crippen LogP contribution in [-0.4, -0.2) is 19.2 Å². The van der Waals surface area contributed by atoms with E-state index in [0.29, 0.717) is 30.3 Å². The second-order valence-corrected chi connectivity index (χ2v) is 5.24. The molecule has 0 saturated heterocycles. The van der Waals surface area contributed by atoms with Crippen molar-refractivity contribution in [3.05, 3.63) is 59.1 Å². The van der Waals surface area contributed by atoms with Crippen LogP contribution in [0.25, 0.3) is 0 Å². The topological polar surface area (TPSA) is 50.4 Å². The Morgan fingerprint density at radius 3 is 2.64 bits per heavy atom. The second kappa shape index (κ2) is 8.29. The number of rotatable bonds is 6. The first-order chi connectivity index (χ1) is 10.7. The molecule has 0 saturated carbocycles. The van der Waals surface area contributed by atoms with Crippen LogP contribution in [0, 0.1) is 6.92 Å². The van der Waals surface area contributed by atoms with Crippen molar-refractivity contribution in [1.29, 1.82) is 0 Å². The third kappa shape index (κ3) is 4.97. The fourth-order valence-corrected chi connectivity index (χ4v) is 2.09. The lowest BCUT2D eigenvalue weighted by Crippen LogP contribution is -2.30. The van der Waals surface area contributed by atoms with Gasteiger partial charge in [0.1, 0.15) is 5.75 Å². The molecule has 0 unspecified atom stereocenters. The normalized spacial score (nSPS) is 10.1. The highest BCUT2D eigenvalue weighted by atomic mass is 35.5. The number of anilines is 1. The van der Waals surface area contributed by atoms with Crippen molar-refractivity contribution >= 4 is 23.3 Å². The van der Waals surface area contributed by atoms with Crippen LogP contribution < -0.4 is 15.4 Å². The third-order valence-corrected chi connectivity index (χ3v) is 3.41. The van der Waals surface area contributed by atoms with Crippen molar-refractivity contribution in [2.75, 3.05) is 18.5 Å². The molecule has 2 aromatic carbocycles. The van der Waals surface area contributed by atoms with Gasteiger partial charge < -0.3 is 15.4 Å². The van der Waals surface area contributed by atoms with Crippen molar-refractivity contribution in [1.82, 2.24) is 5.32 Å². The minimum absolute atomic E-state index is 0.216. The van der Waals surface area contributed by atoms with Gasteiger partial charge >= 0.3 is 6.03 Å². The van der Waals surface area contributed by atoms with E-state index < -0.39 is 0 Å². The van der Waals surface area contributed by atoms with E-state index >= 15 is 0 Å². The molecule has 0 aliphatic carbocycles. The van der Waals surface area contributed by atoms with E-state index in [0.717, 1.165) is 11.3 Å². The number of amides is 2. The summed E-state index contributed by atoms with van der Waals surface area (Å²) < 4.78 is 5.55. The lowest BCUT2D eigenvalue weighted by Gasteiger charge is -2.10. The number of benzene rings is 2. The van der Waals surface area contributed by atoms with Crippen LogP contribution in [0.4, 0.5) is 10.5 Å². The molecule has 5 heteroatoms. The van der Waals surface area contributed by atoms with E-state index in [1.165, 1.54) is 0 Å². The lowest BCUT2D eigenvalue weighted by atomic mass is 10.2. The summed E-state index contributed by atoms with van der Waals surface area (Å²) in [5.74, 6) is 0.661. The number of nitrogens with one attached hydrogen (secondary N) is 2. The average molecular weight is 319 g/mol. The molecule has 2 rings (SSSR count). The molecule has 0 atom stereocenters. The number of hydrogen-bond donors (Lipinski definition) is 2. The van der Waals surface area contributed by atoms with E-state index in [1.54, 1.807) is 6.07 Å². The van der Waals surface area contributed by atoms with Gasteiger partial charge in [-0.15, -0.1) is 0 Å². The molecule has 0 fully saturated rings. The van der Waals surface area contributed by atoms with Gasteiger partial charge in [0.05, 0.1) is 11.6 Å².